The highest BCUT2D eigenvalue weighted by molar-refractivity contribution is 5.30. The van der Waals surface area contributed by atoms with Crippen LogP contribution in [0.5, 0.6) is 0 Å². The Morgan fingerprint density at radius 3 is 1.84 bits per heavy atom. The van der Waals surface area contributed by atoms with Crippen LogP contribution in [0, 0.1) is 62.1 Å². The van der Waals surface area contributed by atoms with Crippen molar-refractivity contribution < 1.29 is 0 Å². The first-order valence-electron chi connectivity index (χ1n) is 5.98. The summed E-state index contributed by atoms with van der Waals surface area (Å²) in [7, 11) is 3.56. The quantitative estimate of drug-likeness (QED) is 0.735. The molecule has 1 aliphatic carbocycles. The molecule has 19 heavy (non-hydrogen) atoms. The fraction of sp³-hybridized carbons (Fsp3) is 0.692. The lowest BCUT2D eigenvalue weighted by atomic mass is 9.57. The molecule has 0 aromatic rings. The van der Waals surface area contributed by atoms with Crippen LogP contribution in [0.2, 0.25) is 0 Å². The van der Waals surface area contributed by atoms with E-state index in [0.29, 0.717) is 6.42 Å². The van der Waals surface area contributed by atoms with Crippen molar-refractivity contribution in [3.63, 3.8) is 0 Å². The van der Waals surface area contributed by atoms with Crippen LogP contribution >= 0.6 is 0 Å². The first-order valence-corrected chi connectivity index (χ1v) is 5.98. The molecule has 0 heterocycles. The lowest BCUT2D eigenvalue weighted by Gasteiger charge is -2.44. The largest absolute Gasteiger partial charge is 0.250 e. The van der Waals surface area contributed by atoms with Gasteiger partial charge in [-0.05, 0) is 12.3 Å². The van der Waals surface area contributed by atoms with Crippen molar-refractivity contribution in [2.45, 2.75) is 25.8 Å². The van der Waals surface area contributed by atoms with Gasteiger partial charge in [-0.3, -0.25) is 5.01 Å². The molecule has 98 valence electrons. The molecule has 0 spiro atoms. The Balaban J connectivity index is 3.24. The number of nitrogens with zero attached hydrogens (tertiary/aromatic N) is 5. The van der Waals surface area contributed by atoms with Crippen LogP contribution in [0.3, 0.4) is 0 Å². The molecule has 0 saturated heterocycles. The summed E-state index contributed by atoms with van der Waals surface area (Å²) in [6.07, 6.45) is 0.382. The van der Waals surface area contributed by atoms with E-state index in [0.717, 1.165) is 0 Å². The van der Waals surface area contributed by atoms with Crippen molar-refractivity contribution in [3.05, 3.63) is 0 Å². The molecular weight excluding hydrogens is 240 g/mol. The second kappa shape index (κ2) is 5.25. The number of nitriles is 4. The number of hydrogen-bond donors (Lipinski definition) is 1. The second-order valence-corrected chi connectivity index (χ2v) is 5.28. The van der Waals surface area contributed by atoms with Gasteiger partial charge in [0.15, 0.2) is 5.41 Å². The third-order valence-corrected chi connectivity index (χ3v) is 3.80. The molecule has 0 bridgehead atoms. The molecule has 0 aromatic carbocycles. The fourth-order valence-corrected chi connectivity index (χ4v) is 2.55. The molecule has 0 aromatic heterocycles. The van der Waals surface area contributed by atoms with Crippen LogP contribution in [0.15, 0.2) is 0 Å². The zero-order valence-electron chi connectivity index (χ0n) is 11.3. The maximum Gasteiger partial charge on any atom is 0.162 e. The summed E-state index contributed by atoms with van der Waals surface area (Å²) in [6, 6.07) is 7.66. The van der Waals surface area contributed by atoms with E-state index in [1.807, 2.05) is 31.2 Å². The van der Waals surface area contributed by atoms with Crippen molar-refractivity contribution >= 4 is 0 Å². The average Bonchev–Trinajstić information content (AvgIpc) is 2.40. The van der Waals surface area contributed by atoms with Crippen LogP contribution < -0.4 is 5.43 Å². The predicted octanol–water partition coefficient (Wildman–Crippen LogP) is 0.918. The highest BCUT2D eigenvalue weighted by Crippen LogP contribution is 2.48. The van der Waals surface area contributed by atoms with E-state index in [1.165, 1.54) is 0 Å². The molecule has 1 aliphatic rings. The van der Waals surface area contributed by atoms with Gasteiger partial charge in [-0.15, -0.1) is 0 Å². The van der Waals surface area contributed by atoms with Gasteiger partial charge in [0.05, 0.1) is 30.3 Å². The topological polar surface area (TPSA) is 110 Å². The molecule has 6 heteroatoms. The average molecular weight is 256 g/mol. The van der Waals surface area contributed by atoms with Crippen LogP contribution in [-0.4, -0.2) is 25.1 Å². The normalized spacial score (nSPS) is 27.6. The first-order chi connectivity index (χ1) is 8.89. The van der Waals surface area contributed by atoms with Crippen LogP contribution in [0.25, 0.3) is 0 Å². The van der Waals surface area contributed by atoms with Crippen molar-refractivity contribution in [3.8, 4) is 24.3 Å². The lowest BCUT2D eigenvalue weighted by Crippen LogP contribution is -2.56. The van der Waals surface area contributed by atoms with Gasteiger partial charge in [0.25, 0.3) is 0 Å². The Kier molecular flexibility index (Phi) is 4.13. The smallest absolute Gasteiger partial charge is 0.162 e. The van der Waals surface area contributed by atoms with Gasteiger partial charge in [-0.1, -0.05) is 6.92 Å². The van der Waals surface area contributed by atoms with E-state index in [1.54, 1.807) is 19.1 Å². The van der Waals surface area contributed by atoms with Crippen LogP contribution in [0.4, 0.5) is 0 Å². The van der Waals surface area contributed by atoms with E-state index in [2.05, 4.69) is 5.43 Å². The zero-order chi connectivity index (χ0) is 14.7. The second-order valence-electron chi connectivity index (χ2n) is 5.28. The minimum atomic E-state index is -1.36. The summed E-state index contributed by atoms with van der Waals surface area (Å²) in [5.74, 6) is -0.199. The third-order valence-electron chi connectivity index (χ3n) is 3.80. The van der Waals surface area contributed by atoms with E-state index in [-0.39, 0.29) is 18.4 Å². The monoisotopic (exact) mass is 256 g/mol. The van der Waals surface area contributed by atoms with Crippen molar-refractivity contribution in [1.82, 2.24) is 10.4 Å². The lowest BCUT2D eigenvalue weighted by molar-refractivity contribution is 0.0769. The highest BCUT2D eigenvalue weighted by Gasteiger charge is 2.56. The Morgan fingerprint density at radius 2 is 1.47 bits per heavy atom. The summed E-state index contributed by atoms with van der Waals surface area (Å²) in [6.45, 7) is 1.81. The molecule has 0 unspecified atom stereocenters. The van der Waals surface area contributed by atoms with E-state index < -0.39 is 10.8 Å². The summed E-state index contributed by atoms with van der Waals surface area (Å²) in [5, 5.41) is 39.0. The Hall–Kier alpha value is -2.12. The van der Waals surface area contributed by atoms with Crippen LogP contribution in [-0.2, 0) is 0 Å². The summed E-state index contributed by atoms with van der Waals surface area (Å²) in [5.41, 5.74) is 0.434. The van der Waals surface area contributed by atoms with Gasteiger partial charge in [0.2, 0.25) is 0 Å². The molecule has 1 saturated carbocycles. The van der Waals surface area contributed by atoms with Gasteiger partial charge in [0, 0.05) is 20.5 Å². The Morgan fingerprint density at radius 1 is 1.00 bits per heavy atom. The van der Waals surface area contributed by atoms with E-state index in [4.69, 9.17) is 0 Å². The molecule has 0 radical (unpaired) electrons. The van der Waals surface area contributed by atoms with Crippen molar-refractivity contribution in [2.24, 2.45) is 16.7 Å². The maximum atomic E-state index is 9.38. The molecule has 6 nitrogen and oxygen atoms in total. The molecule has 2 atom stereocenters. The number of hydrazine groups is 1. The molecule has 1 fully saturated rings. The van der Waals surface area contributed by atoms with Crippen molar-refractivity contribution in [2.75, 3.05) is 14.1 Å². The SMILES string of the molecule is C[C@@H]1C[C@H](NN(C)C)C(C#N)(C#N)CC1(C#N)C#N. The zero-order valence-corrected chi connectivity index (χ0v) is 11.3. The molecule has 1 N–H and O–H groups in total. The van der Waals surface area contributed by atoms with Gasteiger partial charge < -0.3 is 0 Å². The summed E-state index contributed by atoms with van der Waals surface area (Å²) < 4.78 is 0. The molecule has 1 rings (SSSR count). The van der Waals surface area contributed by atoms with Gasteiger partial charge >= 0.3 is 0 Å². The highest BCUT2D eigenvalue weighted by atomic mass is 15.5. The number of rotatable bonds is 2. The Labute approximate surface area is 113 Å². The van der Waals surface area contributed by atoms with Gasteiger partial charge in [-0.2, -0.15) is 21.0 Å². The van der Waals surface area contributed by atoms with Gasteiger partial charge in [-0.25, -0.2) is 5.43 Å². The number of nitrogens with one attached hydrogen (secondary N) is 1. The third kappa shape index (κ3) is 2.38. The minimum Gasteiger partial charge on any atom is -0.250 e. The summed E-state index contributed by atoms with van der Waals surface area (Å²) >= 11 is 0. The minimum absolute atomic E-state index is 0.0489. The summed E-state index contributed by atoms with van der Waals surface area (Å²) in [4.78, 5) is 0. The molecular formula is C13H16N6. The standard InChI is InChI=1S/C13H16N6/c1-10-4-11(18-19(2)3)13(8-16,9-17)5-12(10,6-14)7-15/h10-11,18H,4-5H2,1-3H3/t10-,11+/m1/s1. The van der Waals surface area contributed by atoms with Crippen molar-refractivity contribution in [1.29, 1.82) is 21.0 Å². The number of hydrogen-bond acceptors (Lipinski definition) is 6. The maximum absolute atomic E-state index is 9.38. The Bertz CT molecular complexity index is 481. The predicted molar refractivity (Wildman–Crippen MR) is 66.3 cm³/mol. The molecule has 0 aliphatic heterocycles. The van der Waals surface area contributed by atoms with E-state index in [9.17, 15) is 21.0 Å². The molecule has 0 amide bonds. The fourth-order valence-electron chi connectivity index (χ4n) is 2.55. The van der Waals surface area contributed by atoms with Crippen LogP contribution in [0.1, 0.15) is 19.8 Å². The van der Waals surface area contributed by atoms with E-state index >= 15 is 0 Å². The van der Waals surface area contributed by atoms with Gasteiger partial charge in [0.1, 0.15) is 5.41 Å². The first kappa shape index (κ1) is 14.9.